The van der Waals surface area contributed by atoms with Crippen molar-refractivity contribution in [3.63, 3.8) is 0 Å². The first-order valence-corrected chi connectivity index (χ1v) is 23.4. The van der Waals surface area contributed by atoms with Crippen molar-refractivity contribution < 1.29 is 19.5 Å². The quantitative estimate of drug-likeness (QED) is 0.0393. The SMILES string of the molecule is CCCCCCCCCC(=O)O.CCCCCCCCCC(C)=O.NCCCNCCCCCCCCCC(=O)[C@@H](N)CCCCNCC1CCCCC1. The molecule has 8 heteroatoms. The highest BCUT2D eigenvalue weighted by molar-refractivity contribution is 5.83. The van der Waals surface area contributed by atoms with Crippen molar-refractivity contribution in [1.29, 1.82) is 0 Å². The fourth-order valence-electron chi connectivity index (χ4n) is 7.01. The van der Waals surface area contributed by atoms with Crippen molar-refractivity contribution in [2.45, 2.75) is 239 Å². The Labute approximate surface area is 335 Å². The van der Waals surface area contributed by atoms with Crippen LogP contribution in [-0.2, 0) is 14.4 Å². The van der Waals surface area contributed by atoms with Gasteiger partial charge in [-0.25, -0.2) is 0 Å². The average molecular weight is 767 g/mol. The Bertz CT molecular complexity index is 763. The van der Waals surface area contributed by atoms with Gasteiger partial charge in [-0.1, -0.05) is 149 Å². The molecule has 0 saturated heterocycles. The molecule has 1 fully saturated rings. The summed E-state index contributed by atoms with van der Waals surface area (Å²) in [6.45, 7) is 11.3. The van der Waals surface area contributed by atoms with Crippen LogP contribution in [0.4, 0.5) is 0 Å². The molecule has 7 N–H and O–H groups in total. The summed E-state index contributed by atoms with van der Waals surface area (Å²) in [7, 11) is 0. The van der Waals surface area contributed by atoms with Crippen LogP contribution < -0.4 is 22.1 Å². The van der Waals surface area contributed by atoms with Crippen LogP contribution in [0.15, 0.2) is 0 Å². The Morgan fingerprint density at radius 3 is 1.54 bits per heavy atom. The first-order chi connectivity index (χ1) is 26.3. The normalized spacial score (nSPS) is 13.4. The molecule has 0 unspecified atom stereocenters. The molecule has 322 valence electrons. The number of nitrogens with two attached hydrogens (primary N) is 2. The Morgan fingerprint density at radius 1 is 0.574 bits per heavy atom. The number of carbonyl (C=O) groups excluding carboxylic acids is 2. The molecule has 0 spiro atoms. The minimum absolute atomic E-state index is 0.241. The lowest BCUT2D eigenvalue weighted by molar-refractivity contribution is -0.137. The topological polar surface area (TPSA) is 148 Å². The zero-order valence-corrected chi connectivity index (χ0v) is 36.4. The van der Waals surface area contributed by atoms with Crippen LogP contribution in [0.3, 0.4) is 0 Å². The molecular formula is C46H94N4O4. The summed E-state index contributed by atoms with van der Waals surface area (Å²) in [5.74, 6) is 0.840. The number of ketones is 2. The third-order valence-electron chi connectivity index (χ3n) is 10.7. The van der Waals surface area contributed by atoms with Gasteiger partial charge in [0.05, 0.1) is 6.04 Å². The van der Waals surface area contributed by atoms with E-state index in [-0.39, 0.29) is 11.8 Å². The minimum Gasteiger partial charge on any atom is -0.481 e. The molecule has 0 aliphatic heterocycles. The predicted octanol–water partition coefficient (Wildman–Crippen LogP) is 11.2. The van der Waals surface area contributed by atoms with E-state index in [1.807, 2.05) is 0 Å². The molecule has 1 aliphatic rings. The minimum atomic E-state index is -0.663. The number of hydrogen-bond donors (Lipinski definition) is 5. The van der Waals surface area contributed by atoms with Gasteiger partial charge in [0.2, 0.25) is 0 Å². The lowest BCUT2D eigenvalue weighted by Gasteiger charge is -2.21. The summed E-state index contributed by atoms with van der Waals surface area (Å²) >= 11 is 0. The van der Waals surface area contributed by atoms with Crippen molar-refractivity contribution in [3.8, 4) is 0 Å². The van der Waals surface area contributed by atoms with Gasteiger partial charge in [0.1, 0.15) is 11.6 Å². The average Bonchev–Trinajstić information content (AvgIpc) is 3.16. The molecule has 1 saturated carbocycles. The molecule has 8 nitrogen and oxygen atoms in total. The van der Waals surface area contributed by atoms with Crippen LogP contribution in [0.1, 0.15) is 233 Å². The monoisotopic (exact) mass is 767 g/mol. The number of nitrogens with one attached hydrogen (secondary N) is 2. The fraction of sp³-hybridized carbons (Fsp3) is 0.935. The molecule has 54 heavy (non-hydrogen) atoms. The molecule has 0 radical (unpaired) electrons. The molecule has 0 aromatic rings. The van der Waals surface area contributed by atoms with Crippen LogP contribution in [0, 0.1) is 5.92 Å². The maximum absolute atomic E-state index is 12.2. The highest BCUT2D eigenvalue weighted by Gasteiger charge is 2.14. The summed E-state index contributed by atoms with van der Waals surface area (Å²) in [4.78, 5) is 32.9. The van der Waals surface area contributed by atoms with Crippen molar-refractivity contribution in [2.75, 3.05) is 32.7 Å². The van der Waals surface area contributed by atoms with E-state index in [2.05, 4.69) is 24.5 Å². The van der Waals surface area contributed by atoms with Crippen LogP contribution >= 0.6 is 0 Å². The maximum Gasteiger partial charge on any atom is 0.303 e. The number of carboxylic acids is 1. The zero-order valence-electron chi connectivity index (χ0n) is 36.4. The predicted molar refractivity (Wildman–Crippen MR) is 233 cm³/mol. The van der Waals surface area contributed by atoms with Crippen molar-refractivity contribution in [2.24, 2.45) is 17.4 Å². The van der Waals surface area contributed by atoms with Gasteiger partial charge in [0.15, 0.2) is 0 Å². The second kappa shape index (κ2) is 46.0. The number of hydrogen-bond acceptors (Lipinski definition) is 7. The summed E-state index contributed by atoms with van der Waals surface area (Å²) < 4.78 is 0. The molecule has 0 amide bonds. The molecule has 0 bridgehead atoms. The van der Waals surface area contributed by atoms with Crippen LogP contribution in [0.25, 0.3) is 0 Å². The van der Waals surface area contributed by atoms with Gasteiger partial charge in [-0.2, -0.15) is 0 Å². The van der Waals surface area contributed by atoms with E-state index >= 15 is 0 Å². The Kier molecular flexibility index (Phi) is 46.7. The molecule has 1 atom stereocenters. The maximum atomic E-state index is 12.2. The number of Topliss-reactive ketones (excluding diaryl/α,β-unsaturated/α-hetero) is 2. The molecular weight excluding hydrogens is 673 g/mol. The number of unbranched alkanes of at least 4 members (excludes halogenated alkanes) is 19. The Morgan fingerprint density at radius 2 is 1.02 bits per heavy atom. The molecule has 0 aromatic carbocycles. The first-order valence-electron chi connectivity index (χ1n) is 23.4. The lowest BCUT2D eigenvalue weighted by atomic mass is 9.89. The number of carbonyl (C=O) groups is 3. The molecule has 0 heterocycles. The van der Waals surface area contributed by atoms with Gasteiger partial charge in [0, 0.05) is 19.3 Å². The van der Waals surface area contributed by atoms with Crippen LogP contribution in [0.5, 0.6) is 0 Å². The van der Waals surface area contributed by atoms with E-state index in [1.165, 1.54) is 141 Å². The molecule has 1 aliphatic carbocycles. The highest BCUT2D eigenvalue weighted by Crippen LogP contribution is 2.22. The Balaban J connectivity index is 0. The fourth-order valence-corrected chi connectivity index (χ4v) is 7.01. The summed E-state index contributed by atoms with van der Waals surface area (Å²) in [5, 5.41) is 15.4. The van der Waals surface area contributed by atoms with E-state index < -0.39 is 5.97 Å². The lowest BCUT2D eigenvalue weighted by Crippen LogP contribution is -2.30. The van der Waals surface area contributed by atoms with Gasteiger partial charge >= 0.3 is 5.97 Å². The van der Waals surface area contributed by atoms with E-state index in [9.17, 15) is 14.4 Å². The summed E-state index contributed by atoms with van der Waals surface area (Å²) in [6, 6.07) is -0.241. The summed E-state index contributed by atoms with van der Waals surface area (Å²) in [5.41, 5.74) is 11.6. The standard InChI is InChI=1S/C25H52N4O.C11H22O.C10H20O2/c26-18-13-21-28-19-11-5-3-1-2-4-9-17-25(30)24(27)16-10-12-20-29-22-23-14-7-6-8-15-23;1-3-4-5-6-7-8-9-10-11(2)12;1-2-3-4-5-6-7-8-9-10(11)12/h23-24,28-29H,1-22,26-27H2;3-10H2,1-2H3;2-9H2,1H3,(H,11,12)/t24-;;/m0../s1. The second-order valence-electron chi connectivity index (χ2n) is 16.2. The van der Waals surface area contributed by atoms with E-state index in [0.717, 1.165) is 96.3 Å². The van der Waals surface area contributed by atoms with Gasteiger partial charge in [-0.3, -0.25) is 9.59 Å². The van der Waals surface area contributed by atoms with E-state index in [4.69, 9.17) is 16.6 Å². The third kappa shape index (κ3) is 46.8. The van der Waals surface area contributed by atoms with Gasteiger partial charge < -0.3 is 32.0 Å². The van der Waals surface area contributed by atoms with Crippen molar-refractivity contribution >= 4 is 17.5 Å². The van der Waals surface area contributed by atoms with Crippen molar-refractivity contribution in [1.82, 2.24) is 10.6 Å². The Hall–Kier alpha value is -1.35. The largest absolute Gasteiger partial charge is 0.481 e. The number of carboxylic acid groups (broad SMARTS) is 1. The van der Waals surface area contributed by atoms with Gasteiger partial charge in [-0.05, 0) is 103 Å². The van der Waals surface area contributed by atoms with E-state index in [1.54, 1.807) is 6.92 Å². The number of rotatable bonds is 37. The molecule has 0 aromatic heterocycles. The smallest absolute Gasteiger partial charge is 0.303 e. The van der Waals surface area contributed by atoms with E-state index in [0.29, 0.717) is 18.6 Å². The first kappa shape index (κ1) is 54.7. The number of aliphatic carboxylic acids is 1. The highest BCUT2D eigenvalue weighted by atomic mass is 16.4. The second-order valence-corrected chi connectivity index (χ2v) is 16.2. The third-order valence-corrected chi connectivity index (χ3v) is 10.7. The van der Waals surface area contributed by atoms with Crippen LogP contribution in [0.2, 0.25) is 0 Å². The molecule has 1 rings (SSSR count). The summed E-state index contributed by atoms with van der Waals surface area (Å²) in [6.07, 6.45) is 38.9. The zero-order chi connectivity index (χ0) is 40.2. The van der Waals surface area contributed by atoms with Gasteiger partial charge in [0.25, 0.3) is 0 Å². The van der Waals surface area contributed by atoms with Crippen LogP contribution in [-0.4, -0.2) is 61.4 Å². The van der Waals surface area contributed by atoms with Gasteiger partial charge in [-0.15, -0.1) is 0 Å². The van der Waals surface area contributed by atoms with Crippen molar-refractivity contribution in [3.05, 3.63) is 0 Å².